The number of carbonyl (C=O) groups is 2. The molecule has 1 aliphatic heterocycles. The lowest BCUT2D eigenvalue weighted by Crippen LogP contribution is -2.65. The number of amidine groups is 1. The number of rotatable bonds is 4. The van der Waals surface area contributed by atoms with Gasteiger partial charge >= 0.3 is 5.97 Å². The Balaban J connectivity index is 1.38. The van der Waals surface area contributed by atoms with Crippen LogP contribution < -0.4 is 5.32 Å². The van der Waals surface area contributed by atoms with Gasteiger partial charge in [0, 0.05) is 47.7 Å². The SMILES string of the molecule is CC(C)C1=NC[C@]2(C)C(CCC34C[C@]35C(=O)C[C@]3(C)[C@@H]([C@H](C)N(C)C)[C@H](OC(=O)C(C)(C)C)C[C@@]3(C)[C@@H]5CC[C@H]42)N1. The van der Waals surface area contributed by atoms with Crippen molar-refractivity contribution in [3.63, 3.8) is 0 Å². The summed E-state index contributed by atoms with van der Waals surface area (Å²) in [5.74, 6) is 3.04. The molecule has 1 N–H and O–H groups in total. The Morgan fingerprint density at radius 1 is 1.05 bits per heavy atom. The number of Topliss-reactive ketones (excluding diaryl/α,β-unsaturated/α-hetero) is 1. The molecule has 0 aromatic carbocycles. The van der Waals surface area contributed by atoms with Gasteiger partial charge in [0.15, 0.2) is 0 Å². The number of ketones is 1. The smallest absolute Gasteiger partial charge is 0.311 e. The average Bonchev–Trinajstić information content (AvgIpc) is 3.50. The molecule has 2 unspecified atom stereocenters. The van der Waals surface area contributed by atoms with Gasteiger partial charge in [-0.2, -0.15) is 0 Å². The summed E-state index contributed by atoms with van der Waals surface area (Å²) in [7, 11) is 4.26. The van der Waals surface area contributed by atoms with Crippen molar-refractivity contribution < 1.29 is 14.3 Å². The Morgan fingerprint density at radius 2 is 1.71 bits per heavy atom. The van der Waals surface area contributed by atoms with Crippen LogP contribution in [0.2, 0.25) is 0 Å². The highest BCUT2D eigenvalue weighted by atomic mass is 16.5. The molecule has 11 atom stereocenters. The van der Waals surface area contributed by atoms with E-state index in [0.29, 0.717) is 36.0 Å². The first-order valence-electron chi connectivity index (χ1n) is 16.6. The maximum absolute atomic E-state index is 14.8. The Labute approximate surface area is 249 Å². The third kappa shape index (κ3) is 3.61. The van der Waals surface area contributed by atoms with Crippen LogP contribution in [-0.4, -0.2) is 61.3 Å². The van der Waals surface area contributed by atoms with Crippen LogP contribution >= 0.6 is 0 Å². The zero-order valence-corrected chi connectivity index (χ0v) is 27.8. The number of nitrogens with zero attached hydrogens (tertiary/aromatic N) is 2. The molecule has 5 fully saturated rings. The van der Waals surface area contributed by atoms with Gasteiger partial charge in [-0.3, -0.25) is 14.6 Å². The summed E-state index contributed by atoms with van der Waals surface area (Å²) in [6.07, 6.45) is 7.00. The Morgan fingerprint density at radius 3 is 2.32 bits per heavy atom. The van der Waals surface area contributed by atoms with Gasteiger partial charge in [-0.25, -0.2) is 0 Å². The van der Waals surface area contributed by atoms with Crippen LogP contribution in [0.4, 0.5) is 0 Å². The van der Waals surface area contributed by atoms with E-state index in [1.165, 1.54) is 12.3 Å². The van der Waals surface area contributed by atoms with E-state index in [2.05, 4.69) is 65.9 Å². The maximum atomic E-state index is 14.8. The molecular weight excluding hydrogens is 510 g/mol. The van der Waals surface area contributed by atoms with Crippen molar-refractivity contribution in [1.82, 2.24) is 10.2 Å². The number of ether oxygens (including phenoxy) is 1. The largest absolute Gasteiger partial charge is 0.462 e. The van der Waals surface area contributed by atoms with E-state index >= 15 is 0 Å². The number of hydrogen-bond donors (Lipinski definition) is 1. The summed E-state index contributed by atoms with van der Waals surface area (Å²) in [6, 6.07) is 0.668. The van der Waals surface area contributed by atoms with Crippen LogP contribution in [-0.2, 0) is 14.3 Å². The summed E-state index contributed by atoms with van der Waals surface area (Å²) < 4.78 is 6.46. The fourth-order valence-electron chi connectivity index (χ4n) is 11.9. The minimum Gasteiger partial charge on any atom is -0.462 e. The second kappa shape index (κ2) is 8.82. The molecule has 1 heterocycles. The molecule has 0 saturated heterocycles. The number of fused-ring (bicyclic) bond motifs is 4. The lowest BCUT2D eigenvalue weighted by Gasteiger charge is -2.63. The topological polar surface area (TPSA) is 71.0 Å². The zero-order chi connectivity index (χ0) is 30.1. The van der Waals surface area contributed by atoms with Crippen LogP contribution in [0.25, 0.3) is 0 Å². The Bertz CT molecular complexity index is 1170. The van der Waals surface area contributed by atoms with E-state index in [9.17, 15) is 9.59 Å². The fourth-order valence-corrected chi connectivity index (χ4v) is 11.9. The highest BCUT2D eigenvalue weighted by molar-refractivity contribution is 5.92. The molecule has 2 spiro atoms. The predicted molar refractivity (Wildman–Crippen MR) is 164 cm³/mol. The molecule has 5 aliphatic carbocycles. The van der Waals surface area contributed by atoms with Crippen molar-refractivity contribution in [2.75, 3.05) is 20.6 Å². The lowest BCUT2D eigenvalue weighted by molar-refractivity contribution is -0.170. The zero-order valence-electron chi connectivity index (χ0n) is 27.8. The molecule has 6 aliphatic rings. The summed E-state index contributed by atoms with van der Waals surface area (Å²) in [4.78, 5) is 35.5. The second-order valence-electron chi connectivity index (χ2n) is 17.6. The number of aliphatic imine (C=N–C) groups is 1. The van der Waals surface area contributed by atoms with Crippen LogP contribution in [0, 0.1) is 56.2 Å². The number of carbonyl (C=O) groups excluding carboxylic acids is 2. The molecule has 6 rings (SSSR count). The van der Waals surface area contributed by atoms with Gasteiger partial charge < -0.3 is 15.0 Å². The van der Waals surface area contributed by atoms with Crippen LogP contribution in [0.15, 0.2) is 4.99 Å². The van der Waals surface area contributed by atoms with Gasteiger partial charge in [0.2, 0.25) is 0 Å². The number of esters is 1. The van der Waals surface area contributed by atoms with E-state index in [-0.39, 0.29) is 51.1 Å². The fraction of sp³-hybridized carbons (Fsp3) is 0.914. The highest BCUT2D eigenvalue weighted by Crippen LogP contribution is 2.88. The van der Waals surface area contributed by atoms with E-state index in [1.54, 1.807) is 0 Å². The minimum atomic E-state index is -0.544. The predicted octanol–water partition coefficient (Wildman–Crippen LogP) is 6.13. The second-order valence-corrected chi connectivity index (χ2v) is 17.6. The first-order valence-corrected chi connectivity index (χ1v) is 16.6. The molecule has 0 aromatic heterocycles. The average molecular weight is 568 g/mol. The van der Waals surface area contributed by atoms with E-state index in [4.69, 9.17) is 9.73 Å². The van der Waals surface area contributed by atoms with Crippen molar-refractivity contribution in [3.05, 3.63) is 0 Å². The first-order chi connectivity index (χ1) is 18.9. The summed E-state index contributed by atoms with van der Waals surface area (Å²) in [5.41, 5.74) is -0.759. The van der Waals surface area contributed by atoms with Gasteiger partial charge in [-0.15, -0.1) is 0 Å². The highest BCUT2D eigenvalue weighted by Gasteiger charge is 2.86. The molecule has 41 heavy (non-hydrogen) atoms. The van der Waals surface area contributed by atoms with Gasteiger partial charge in [0.05, 0.1) is 11.3 Å². The monoisotopic (exact) mass is 567 g/mol. The number of hydrogen-bond acceptors (Lipinski definition) is 6. The Kier molecular flexibility index (Phi) is 6.37. The van der Waals surface area contributed by atoms with E-state index in [0.717, 1.165) is 38.6 Å². The molecule has 6 heteroatoms. The van der Waals surface area contributed by atoms with Crippen molar-refractivity contribution in [2.45, 2.75) is 125 Å². The molecule has 0 amide bonds. The third-order valence-electron chi connectivity index (χ3n) is 14.4. The van der Waals surface area contributed by atoms with Crippen molar-refractivity contribution in [2.24, 2.45) is 61.2 Å². The quantitative estimate of drug-likeness (QED) is 0.414. The summed E-state index contributed by atoms with van der Waals surface area (Å²) >= 11 is 0. The molecule has 0 aromatic rings. The molecule has 0 radical (unpaired) electrons. The van der Waals surface area contributed by atoms with Crippen molar-refractivity contribution in [3.8, 4) is 0 Å². The van der Waals surface area contributed by atoms with Gasteiger partial charge in [0.25, 0.3) is 0 Å². The Hall–Kier alpha value is -1.43. The maximum Gasteiger partial charge on any atom is 0.311 e. The molecule has 6 nitrogen and oxygen atoms in total. The molecule has 5 saturated carbocycles. The lowest BCUT2D eigenvalue weighted by atomic mass is 9.41. The van der Waals surface area contributed by atoms with Gasteiger partial charge in [0.1, 0.15) is 11.9 Å². The third-order valence-corrected chi connectivity index (χ3v) is 14.4. The van der Waals surface area contributed by atoms with Crippen LogP contribution in [0.3, 0.4) is 0 Å². The summed E-state index contributed by atoms with van der Waals surface area (Å²) in [5, 5.41) is 3.87. The van der Waals surface area contributed by atoms with E-state index < -0.39 is 5.41 Å². The number of nitrogens with one attached hydrogen (secondary N) is 1. The first kappa shape index (κ1) is 29.6. The summed E-state index contributed by atoms with van der Waals surface area (Å²) in [6.45, 7) is 20.8. The van der Waals surface area contributed by atoms with Crippen molar-refractivity contribution >= 4 is 17.6 Å². The van der Waals surface area contributed by atoms with Crippen LogP contribution in [0.1, 0.15) is 107 Å². The normalized spacial score (nSPS) is 49.1. The van der Waals surface area contributed by atoms with Gasteiger partial charge in [-0.1, -0.05) is 34.6 Å². The standard InChI is InChI=1S/C35H57N3O3/c1-20(2)28-36-19-31(7)23-12-13-24-32(8)16-22(41-29(40)30(4,5)6)27(21(3)38(10)11)33(32,9)17-26(39)35(24)18-34(23,35)15-14-25(31)37-28/h20-25,27H,12-19H2,1-11H3,(H,36,37)/t21-,22+,23-,24-,25?,27-,31-,32-,33+,34?,35-/m0/s1. The van der Waals surface area contributed by atoms with Crippen molar-refractivity contribution in [1.29, 1.82) is 0 Å². The van der Waals surface area contributed by atoms with Gasteiger partial charge in [-0.05, 0) is 108 Å². The van der Waals surface area contributed by atoms with E-state index in [1.807, 2.05) is 20.8 Å². The molecule has 230 valence electrons. The molecular formula is C35H57N3O3. The van der Waals surface area contributed by atoms with Crippen LogP contribution in [0.5, 0.6) is 0 Å². The molecule has 0 bridgehead atoms. The minimum absolute atomic E-state index is 0.0430.